The predicted molar refractivity (Wildman–Crippen MR) is 114 cm³/mol. The van der Waals surface area contributed by atoms with Crippen LogP contribution in [0.1, 0.15) is 38.8 Å². The van der Waals surface area contributed by atoms with Crippen molar-refractivity contribution >= 4 is 27.4 Å². The molecule has 2 N–H and O–H groups in total. The van der Waals surface area contributed by atoms with E-state index in [2.05, 4.69) is 10.0 Å². The van der Waals surface area contributed by atoms with Gasteiger partial charge >= 0.3 is 6.03 Å². The third kappa shape index (κ3) is 5.04. The van der Waals surface area contributed by atoms with E-state index in [0.29, 0.717) is 24.5 Å². The summed E-state index contributed by atoms with van der Waals surface area (Å²) in [6.45, 7) is 9.02. The first-order valence-corrected chi connectivity index (χ1v) is 11.1. The van der Waals surface area contributed by atoms with E-state index in [4.69, 9.17) is 0 Å². The minimum absolute atomic E-state index is 0.154. The lowest BCUT2D eigenvalue weighted by Gasteiger charge is -2.19. The fourth-order valence-electron chi connectivity index (χ4n) is 3.00. The summed E-state index contributed by atoms with van der Waals surface area (Å²) in [4.78, 5) is 13.9. The second-order valence-corrected chi connectivity index (χ2v) is 8.07. The summed E-state index contributed by atoms with van der Waals surface area (Å²) in [7, 11) is -3.72. The Morgan fingerprint density at radius 2 is 1.43 bits per heavy atom. The molecule has 0 heterocycles. The third-order valence-corrected chi connectivity index (χ3v) is 6.07. The number of benzene rings is 2. The minimum Gasteiger partial charge on any atom is -0.325 e. The highest BCUT2D eigenvalue weighted by molar-refractivity contribution is 7.92. The van der Waals surface area contributed by atoms with Gasteiger partial charge in [0.25, 0.3) is 10.0 Å². The van der Waals surface area contributed by atoms with Crippen LogP contribution in [0.4, 0.5) is 16.2 Å². The molecule has 2 rings (SSSR count). The van der Waals surface area contributed by atoms with Gasteiger partial charge in [-0.05, 0) is 62.1 Å². The van der Waals surface area contributed by atoms with Crippen molar-refractivity contribution in [1.82, 2.24) is 4.90 Å². The average molecular weight is 404 g/mol. The van der Waals surface area contributed by atoms with Gasteiger partial charge in [-0.1, -0.05) is 32.0 Å². The quantitative estimate of drug-likeness (QED) is 0.682. The second kappa shape index (κ2) is 9.59. The number of amides is 2. The molecule has 0 saturated heterocycles. The van der Waals surface area contributed by atoms with Crippen molar-refractivity contribution in [1.29, 1.82) is 0 Å². The number of anilines is 2. The Morgan fingerprint density at radius 3 is 1.89 bits per heavy atom. The molecular formula is C21H29N3O3S. The Balaban J connectivity index is 2.23. The first-order chi connectivity index (χ1) is 13.4. The maximum atomic E-state index is 12.9. The van der Waals surface area contributed by atoms with Crippen molar-refractivity contribution in [3.05, 3.63) is 53.6 Å². The van der Waals surface area contributed by atoms with Gasteiger partial charge in [-0.3, -0.25) is 4.72 Å². The maximum absolute atomic E-state index is 12.9. The highest BCUT2D eigenvalue weighted by Crippen LogP contribution is 2.26. The van der Waals surface area contributed by atoms with Crippen molar-refractivity contribution < 1.29 is 13.2 Å². The summed E-state index contributed by atoms with van der Waals surface area (Å²) in [5.74, 6) is 0. The van der Waals surface area contributed by atoms with Gasteiger partial charge in [0.05, 0.1) is 10.6 Å². The molecule has 28 heavy (non-hydrogen) atoms. The van der Waals surface area contributed by atoms with E-state index < -0.39 is 10.0 Å². The summed E-state index contributed by atoms with van der Waals surface area (Å²) in [6, 6.07) is 11.8. The highest BCUT2D eigenvalue weighted by Gasteiger charge is 2.18. The summed E-state index contributed by atoms with van der Waals surface area (Å²) in [5, 5.41) is 2.78. The number of urea groups is 1. The zero-order chi connectivity index (χ0) is 20.7. The molecule has 0 aliphatic rings. The van der Waals surface area contributed by atoms with Gasteiger partial charge in [0.15, 0.2) is 0 Å². The van der Waals surface area contributed by atoms with E-state index in [1.807, 2.05) is 45.9 Å². The minimum atomic E-state index is -3.72. The van der Waals surface area contributed by atoms with Crippen molar-refractivity contribution in [2.45, 2.75) is 45.4 Å². The third-order valence-electron chi connectivity index (χ3n) is 4.70. The van der Waals surface area contributed by atoms with Gasteiger partial charge in [0.2, 0.25) is 0 Å². The summed E-state index contributed by atoms with van der Waals surface area (Å²) >= 11 is 0. The van der Waals surface area contributed by atoms with E-state index in [9.17, 15) is 13.2 Å². The van der Waals surface area contributed by atoms with Crippen LogP contribution in [0.5, 0.6) is 0 Å². The SMILES string of the molecule is CCc1cccc(CC)c1NS(=O)(=O)c1ccc(NC(=O)N(CC)CC)cc1. The summed E-state index contributed by atoms with van der Waals surface area (Å²) in [6.07, 6.45) is 1.48. The predicted octanol–water partition coefficient (Wildman–Crippen LogP) is 4.49. The standard InChI is InChI=1S/C21H29N3O3S/c1-5-16-10-9-11-17(6-2)20(16)23-28(26,27)19-14-12-18(13-15-19)22-21(25)24(7-3)8-4/h9-15,23H,5-8H2,1-4H3,(H,22,25). The molecule has 0 saturated carbocycles. The molecule has 0 atom stereocenters. The van der Waals surface area contributed by atoms with E-state index in [1.165, 1.54) is 12.1 Å². The number of sulfonamides is 1. The molecule has 2 aromatic rings. The van der Waals surface area contributed by atoms with Crippen LogP contribution in [0, 0.1) is 0 Å². The number of para-hydroxylation sites is 1. The van der Waals surface area contributed by atoms with Crippen LogP contribution in [-0.2, 0) is 22.9 Å². The average Bonchev–Trinajstić information content (AvgIpc) is 2.69. The second-order valence-electron chi connectivity index (χ2n) is 6.39. The molecule has 0 aliphatic heterocycles. The van der Waals surface area contributed by atoms with Crippen LogP contribution in [0.15, 0.2) is 47.4 Å². The lowest BCUT2D eigenvalue weighted by atomic mass is 10.0. The lowest BCUT2D eigenvalue weighted by Crippen LogP contribution is -2.34. The Hall–Kier alpha value is -2.54. The first kappa shape index (κ1) is 21.8. The van der Waals surface area contributed by atoms with Crippen molar-refractivity contribution in [2.24, 2.45) is 0 Å². The summed E-state index contributed by atoms with van der Waals surface area (Å²) < 4.78 is 28.5. The number of nitrogens with one attached hydrogen (secondary N) is 2. The first-order valence-electron chi connectivity index (χ1n) is 9.65. The van der Waals surface area contributed by atoms with E-state index in [-0.39, 0.29) is 10.9 Å². The molecule has 0 radical (unpaired) electrons. The Morgan fingerprint density at radius 1 is 0.893 bits per heavy atom. The van der Waals surface area contributed by atoms with Crippen molar-refractivity contribution in [3.8, 4) is 0 Å². The topological polar surface area (TPSA) is 78.5 Å². The van der Waals surface area contributed by atoms with Gasteiger partial charge in [-0.25, -0.2) is 13.2 Å². The molecule has 0 unspecified atom stereocenters. The van der Waals surface area contributed by atoms with Crippen LogP contribution in [0.25, 0.3) is 0 Å². The van der Waals surface area contributed by atoms with Crippen molar-refractivity contribution in [2.75, 3.05) is 23.1 Å². The number of aryl methyl sites for hydroxylation is 2. The Kier molecular flexibility index (Phi) is 7.45. The largest absolute Gasteiger partial charge is 0.325 e. The highest BCUT2D eigenvalue weighted by atomic mass is 32.2. The summed E-state index contributed by atoms with van der Waals surface area (Å²) in [5.41, 5.74) is 3.14. The van der Waals surface area contributed by atoms with E-state index in [1.54, 1.807) is 17.0 Å². The smallest absolute Gasteiger partial charge is 0.321 e. The van der Waals surface area contributed by atoms with Gasteiger partial charge in [0, 0.05) is 18.8 Å². The molecular weight excluding hydrogens is 374 g/mol. The molecule has 6 nitrogen and oxygen atoms in total. The fourth-order valence-corrected chi connectivity index (χ4v) is 4.14. The monoisotopic (exact) mass is 403 g/mol. The fraction of sp³-hybridized carbons (Fsp3) is 0.381. The molecule has 0 aromatic heterocycles. The van der Waals surface area contributed by atoms with Gasteiger partial charge in [-0.2, -0.15) is 0 Å². The maximum Gasteiger partial charge on any atom is 0.321 e. The number of hydrogen-bond acceptors (Lipinski definition) is 3. The van der Waals surface area contributed by atoms with Crippen LogP contribution in [0.3, 0.4) is 0 Å². The Bertz CT molecular complexity index is 883. The number of rotatable bonds is 8. The Labute approximate surface area is 168 Å². The number of carbonyl (C=O) groups is 1. The number of nitrogens with zero attached hydrogens (tertiary/aromatic N) is 1. The van der Waals surface area contributed by atoms with Gasteiger partial charge < -0.3 is 10.2 Å². The molecule has 0 fully saturated rings. The van der Waals surface area contributed by atoms with E-state index in [0.717, 1.165) is 24.0 Å². The molecule has 7 heteroatoms. The normalized spacial score (nSPS) is 11.1. The lowest BCUT2D eigenvalue weighted by molar-refractivity contribution is 0.217. The zero-order valence-corrected chi connectivity index (χ0v) is 17.8. The molecule has 0 spiro atoms. The molecule has 152 valence electrons. The number of hydrogen-bond donors (Lipinski definition) is 2. The van der Waals surface area contributed by atoms with Crippen LogP contribution in [0.2, 0.25) is 0 Å². The zero-order valence-electron chi connectivity index (χ0n) is 17.0. The van der Waals surface area contributed by atoms with Crippen LogP contribution < -0.4 is 10.0 Å². The van der Waals surface area contributed by atoms with Crippen molar-refractivity contribution in [3.63, 3.8) is 0 Å². The molecule has 0 aliphatic carbocycles. The van der Waals surface area contributed by atoms with Crippen LogP contribution in [-0.4, -0.2) is 32.4 Å². The number of carbonyl (C=O) groups excluding carboxylic acids is 1. The van der Waals surface area contributed by atoms with Gasteiger partial charge in [0.1, 0.15) is 0 Å². The molecule has 2 aromatic carbocycles. The molecule has 2 amide bonds. The van der Waals surface area contributed by atoms with E-state index >= 15 is 0 Å². The van der Waals surface area contributed by atoms with Crippen LogP contribution >= 0.6 is 0 Å². The molecule has 0 bridgehead atoms. The van der Waals surface area contributed by atoms with Gasteiger partial charge in [-0.15, -0.1) is 0 Å².